The average molecular weight is 474 g/mol. The van der Waals surface area contributed by atoms with Gasteiger partial charge in [-0.15, -0.1) is 11.3 Å². The third-order valence-electron chi connectivity index (χ3n) is 4.75. The minimum absolute atomic E-state index is 0.202. The van der Waals surface area contributed by atoms with Crippen molar-refractivity contribution in [2.24, 2.45) is 0 Å². The second kappa shape index (κ2) is 7.95. The lowest BCUT2D eigenvalue weighted by Crippen LogP contribution is -2.09. The molecule has 32 heavy (non-hydrogen) atoms. The van der Waals surface area contributed by atoms with Crippen LogP contribution in [-0.4, -0.2) is 41.0 Å². The van der Waals surface area contributed by atoms with Gasteiger partial charge in [0.05, 0.1) is 16.5 Å². The molecular weight excluding hydrogens is 454 g/mol. The molecule has 166 valence electrons. The lowest BCUT2D eigenvalue weighted by molar-refractivity contribution is 0.174. The summed E-state index contributed by atoms with van der Waals surface area (Å²) in [7, 11) is -3.74. The Morgan fingerprint density at radius 2 is 2.09 bits per heavy atom. The van der Waals surface area contributed by atoms with Crippen LogP contribution in [0.5, 0.6) is 17.2 Å². The Labute approximate surface area is 187 Å². The van der Waals surface area contributed by atoms with Crippen LogP contribution >= 0.6 is 11.3 Å². The van der Waals surface area contributed by atoms with E-state index in [2.05, 4.69) is 20.3 Å². The van der Waals surface area contributed by atoms with Gasteiger partial charge in [0, 0.05) is 18.9 Å². The standard InChI is InChI=1S/C20H19N5O5S2/c1-3-15-17(30-32(2,26)27)16-18(22-9-12-4-5-13-14(8-12)29-11-28-13)23-20(24-19(16)31-15)25-7-6-21-10-25/h4-8,10H,3,9,11H2,1-2H3,(H,22,23,24). The maximum Gasteiger partial charge on any atom is 0.306 e. The highest BCUT2D eigenvalue weighted by atomic mass is 32.2. The van der Waals surface area contributed by atoms with E-state index in [1.807, 2.05) is 25.1 Å². The zero-order valence-corrected chi connectivity index (χ0v) is 18.9. The Morgan fingerprint density at radius 3 is 2.84 bits per heavy atom. The maximum atomic E-state index is 11.9. The molecule has 0 fully saturated rings. The molecule has 12 heteroatoms. The number of hydrogen-bond donors (Lipinski definition) is 1. The molecule has 1 aromatic carbocycles. The fourth-order valence-electron chi connectivity index (χ4n) is 3.34. The highest BCUT2D eigenvalue weighted by molar-refractivity contribution is 7.86. The van der Waals surface area contributed by atoms with Crippen LogP contribution in [0.25, 0.3) is 16.2 Å². The first kappa shape index (κ1) is 20.5. The smallest absolute Gasteiger partial charge is 0.306 e. The number of aryl methyl sites for hydroxylation is 1. The number of nitrogens with zero attached hydrogens (tertiary/aromatic N) is 4. The van der Waals surface area contributed by atoms with Crippen molar-refractivity contribution in [2.45, 2.75) is 19.9 Å². The molecule has 0 saturated carbocycles. The van der Waals surface area contributed by atoms with E-state index >= 15 is 0 Å². The molecule has 4 aromatic rings. The van der Waals surface area contributed by atoms with Gasteiger partial charge in [0.2, 0.25) is 12.7 Å². The first-order valence-electron chi connectivity index (χ1n) is 9.75. The predicted octanol–water partition coefficient (Wildman–Crippen LogP) is 3.12. The van der Waals surface area contributed by atoms with Crippen LogP contribution in [0.2, 0.25) is 0 Å². The van der Waals surface area contributed by atoms with E-state index in [1.165, 1.54) is 11.3 Å². The summed E-state index contributed by atoms with van der Waals surface area (Å²) in [4.78, 5) is 14.7. The summed E-state index contributed by atoms with van der Waals surface area (Å²) in [5, 5.41) is 3.84. The summed E-state index contributed by atoms with van der Waals surface area (Å²) in [6, 6.07) is 5.67. The molecule has 1 aliphatic rings. The second-order valence-corrected chi connectivity index (χ2v) is 9.72. The van der Waals surface area contributed by atoms with Crippen LogP contribution in [0.1, 0.15) is 17.4 Å². The zero-order valence-electron chi connectivity index (χ0n) is 17.2. The van der Waals surface area contributed by atoms with E-state index in [0.29, 0.717) is 46.4 Å². The number of hydrogen-bond acceptors (Lipinski definition) is 10. The summed E-state index contributed by atoms with van der Waals surface area (Å²) in [5.74, 6) is 2.53. The van der Waals surface area contributed by atoms with Gasteiger partial charge >= 0.3 is 10.1 Å². The molecule has 1 N–H and O–H groups in total. The summed E-state index contributed by atoms with van der Waals surface area (Å²) < 4.78 is 41.8. The molecule has 10 nitrogen and oxygen atoms in total. The van der Waals surface area contributed by atoms with E-state index in [0.717, 1.165) is 16.7 Å². The highest BCUT2D eigenvalue weighted by Gasteiger charge is 2.23. The maximum absolute atomic E-state index is 11.9. The Hall–Kier alpha value is -3.38. The first-order chi connectivity index (χ1) is 15.4. The van der Waals surface area contributed by atoms with Crippen LogP contribution in [-0.2, 0) is 23.1 Å². The van der Waals surface area contributed by atoms with Crippen molar-refractivity contribution in [3.63, 3.8) is 0 Å². The second-order valence-electron chi connectivity index (χ2n) is 7.06. The third-order valence-corrected chi connectivity index (χ3v) is 6.43. The summed E-state index contributed by atoms with van der Waals surface area (Å²) in [5.41, 5.74) is 0.946. The van der Waals surface area contributed by atoms with Gasteiger partial charge in [-0.3, -0.25) is 4.57 Å². The van der Waals surface area contributed by atoms with Crippen molar-refractivity contribution in [3.05, 3.63) is 47.4 Å². The van der Waals surface area contributed by atoms with E-state index in [-0.39, 0.29) is 12.5 Å². The summed E-state index contributed by atoms with van der Waals surface area (Å²) in [6.45, 7) is 2.55. The lowest BCUT2D eigenvalue weighted by Gasteiger charge is -2.11. The average Bonchev–Trinajstić information content (AvgIpc) is 3.50. The molecule has 5 rings (SSSR count). The number of fused-ring (bicyclic) bond motifs is 2. The van der Waals surface area contributed by atoms with Crippen LogP contribution in [0.15, 0.2) is 36.9 Å². The van der Waals surface area contributed by atoms with E-state index in [1.54, 1.807) is 23.3 Å². The Kier molecular flexibility index (Phi) is 5.10. The molecule has 0 radical (unpaired) electrons. The number of rotatable bonds is 7. The van der Waals surface area contributed by atoms with Crippen LogP contribution in [0, 0.1) is 0 Å². The van der Waals surface area contributed by atoms with Gasteiger partial charge in [-0.2, -0.15) is 13.4 Å². The quantitative estimate of drug-likeness (QED) is 0.404. The molecule has 4 heterocycles. The van der Waals surface area contributed by atoms with Crippen molar-refractivity contribution >= 4 is 37.5 Å². The van der Waals surface area contributed by atoms with Crippen molar-refractivity contribution in [3.8, 4) is 23.2 Å². The lowest BCUT2D eigenvalue weighted by atomic mass is 10.2. The van der Waals surface area contributed by atoms with Crippen molar-refractivity contribution in [1.29, 1.82) is 0 Å². The Morgan fingerprint density at radius 1 is 1.25 bits per heavy atom. The van der Waals surface area contributed by atoms with Gasteiger partial charge in [-0.05, 0) is 24.1 Å². The molecule has 0 saturated heterocycles. The summed E-state index contributed by atoms with van der Waals surface area (Å²) in [6.07, 6.45) is 6.59. The number of aromatic nitrogens is 4. The SMILES string of the molecule is CCc1sc2nc(-n3ccnc3)nc(NCc3ccc4c(c3)OCO4)c2c1OS(C)(=O)=O. The molecule has 0 spiro atoms. The monoisotopic (exact) mass is 473 g/mol. The van der Waals surface area contributed by atoms with Crippen molar-refractivity contribution in [1.82, 2.24) is 19.5 Å². The summed E-state index contributed by atoms with van der Waals surface area (Å²) >= 11 is 1.38. The molecule has 0 atom stereocenters. The number of benzene rings is 1. The zero-order chi connectivity index (χ0) is 22.3. The van der Waals surface area contributed by atoms with E-state index < -0.39 is 10.1 Å². The predicted molar refractivity (Wildman–Crippen MR) is 119 cm³/mol. The van der Waals surface area contributed by atoms with Crippen molar-refractivity contribution in [2.75, 3.05) is 18.4 Å². The molecule has 0 unspecified atom stereocenters. The molecule has 0 aliphatic carbocycles. The minimum atomic E-state index is -3.74. The third kappa shape index (κ3) is 3.94. The highest BCUT2D eigenvalue weighted by Crippen LogP contribution is 2.42. The molecule has 3 aromatic heterocycles. The Balaban J connectivity index is 1.60. The fraction of sp³-hybridized carbons (Fsp3) is 0.250. The van der Waals surface area contributed by atoms with Gasteiger partial charge in [-0.25, -0.2) is 9.97 Å². The van der Waals surface area contributed by atoms with Crippen molar-refractivity contribution < 1.29 is 22.1 Å². The van der Waals surface area contributed by atoms with E-state index in [4.69, 9.17) is 13.7 Å². The van der Waals surface area contributed by atoms with Gasteiger partial charge < -0.3 is 19.0 Å². The molecule has 1 aliphatic heterocycles. The minimum Gasteiger partial charge on any atom is -0.454 e. The number of anilines is 1. The first-order valence-corrected chi connectivity index (χ1v) is 12.4. The number of thiophene rings is 1. The van der Waals surface area contributed by atoms with Gasteiger partial charge in [0.15, 0.2) is 17.2 Å². The van der Waals surface area contributed by atoms with Gasteiger partial charge in [0.1, 0.15) is 17.0 Å². The Bertz CT molecular complexity index is 1400. The van der Waals surface area contributed by atoms with Gasteiger partial charge in [-0.1, -0.05) is 13.0 Å². The molecule has 0 amide bonds. The molecular formula is C20H19N5O5S2. The normalized spacial score (nSPS) is 12.9. The van der Waals surface area contributed by atoms with Crippen LogP contribution in [0.4, 0.5) is 5.82 Å². The fourth-order valence-corrected chi connectivity index (χ4v) is 4.91. The molecule has 0 bridgehead atoms. The number of imidazole rings is 1. The topological polar surface area (TPSA) is 117 Å². The number of ether oxygens (including phenoxy) is 2. The largest absolute Gasteiger partial charge is 0.454 e. The van der Waals surface area contributed by atoms with E-state index in [9.17, 15) is 8.42 Å². The number of nitrogens with one attached hydrogen (secondary N) is 1. The van der Waals surface area contributed by atoms with Crippen LogP contribution in [0.3, 0.4) is 0 Å². The van der Waals surface area contributed by atoms with Crippen LogP contribution < -0.4 is 19.0 Å². The van der Waals surface area contributed by atoms with Gasteiger partial charge in [0.25, 0.3) is 0 Å².